The standard InChI is InChI=1S/C13H19BO/c1-13(2,3)8-10-6-5-7-11-9-15-14(4)12(10)11/h5-7H,8-9H2,1-4H3. The van der Waals surface area contributed by atoms with Crippen LogP contribution in [0.2, 0.25) is 6.82 Å². The summed E-state index contributed by atoms with van der Waals surface area (Å²) in [6.45, 7) is 10.1. The van der Waals surface area contributed by atoms with Crippen molar-refractivity contribution in [3.8, 4) is 0 Å². The van der Waals surface area contributed by atoms with Gasteiger partial charge in [0.05, 0.1) is 6.61 Å². The van der Waals surface area contributed by atoms with E-state index in [0.717, 1.165) is 13.0 Å². The monoisotopic (exact) mass is 202 g/mol. The average Bonchev–Trinajstić information content (AvgIpc) is 2.46. The van der Waals surface area contributed by atoms with Crippen molar-refractivity contribution in [1.29, 1.82) is 0 Å². The molecule has 0 fully saturated rings. The van der Waals surface area contributed by atoms with Crippen LogP contribution in [0.1, 0.15) is 31.9 Å². The van der Waals surface area contributed by atoms with Gasteiger partial charge in [0.25, 0.3) is 0 Å². The van der Waals surface area contributed by atoms with E-state index in [2.05, 4.69) is 45.8 Å². The molecule has 80 valence electrons. The average molecular weight is 202 g/mol. The predicted octanol–water partition coefficient (Wildman–Crippen LogP) is 2.63. The Morgan fingerprint density at radius 2 is 2.07 bits per heavy atom. The van der Waals surface area contributed by atoms with Gasteiger partial charge in [-0.2, -0.15) is 0 Å². The Hall–Kier alpha value is -0.755. The third-order valence-electron chi connectivity index (χ3n) is 2.90. The van der Waals surface area contributed by atoms with Crippen molar-refractivity contribution in [1.82, 2.24) is 0 Å². The van der Waals surface area contributed by atoms with Crippen molar-refractivity contribution >= 4 is 12.4 Å². The molecule has 0 unspecified atom stereocenters. The highest BCUT2D eigenvalue weighted by Gasteiger charge is 2.27. The molecule has 2 rings (SSSR count). The van der Waals surface area contributed by atoms with Crippen LogP contribution in [0.25, 0.3) is 0 Å². The zero-order valence-corrected chi connectivity index (χ0v) is 10.1. The first-order valence-electron chi connectivity index (χ1n) is 5.70. The molecular weight excluding hydrogens is 183 g/mol. The van der Waals surface area contributed by atoms with E-state index in [4.69, 9.17) is 4.65 Å². The van der Waals surface area contributed by atoms with Crippen molar-refractivity contribution in [2.75, 3.05) is 0 Å². The van der Waals surface area contributed by atoms with Gasteiger partial charge in [-0.1, -0.05) is 51.4 Å². The third kappa shape index (κ3) is 2.26. The number of fused-ring (bicyclic) bond motifs is 1. The minimum Gasteiger partial charge on any atom is -0.427 e. The van der Waals surface area contributed by atoms with Gasteiger partial charge < -0.3 is 4.65 Å². The van der Waals surface area contributed by atoms with E-state index >= 15 is 0 Å². The molecule has 0 spiro atoms. The first kappa shape index (κ1) is 10.8. The van der Waals surface area contributed by atoms with Gasteiger partial charge in [-0.3, -0.25) is 0 Å². The molecule has 0 aliphatic carbocycles. The molecule has 1 heterocycles. The Bertz CT molecular complexity index is 365. The Morgan fingerprint density at radius 3 is 2.73 bits per heavy atom. The van der Waals surface area contributed by atoms with E-state index in [1.807, 2.05) is 0 Å². The Kier molecular flexibility index (Phi) is 2.63. The van der Waals surface area contributed by atoms with Crippen LogP contribution in [0.3, 0.4) is 0 Å². The largest absolute Gasteiger partial charge is 0.427 e. The Balaban J connectivity index is 2.37. The lowest BCUT2D eigenvalue weighted by Crippen LogP contribution is -2.30. The lowest BCUT2D eigenvalue weighted by molar-refractivity contribution is 0.333. The molecule has 2 heteroatoms. The SMILES string of the molecule is CB1OCc2cccc(CC(C)(C)C)c21. The van der Waals surface area contributed by atoms with E-state index in [0.29, 0.717) is 5.41 Å². The van der Waals surface area contributed by atoms with E-state index in [1.165, 1.54) is 16.6 Å². The molecule has 0 atom stereocenters. The number of hydrogen-bond donors (Lipinski definition) is 0. The van der Waals surface area contributed by atoms with Crippen molar-refractivity contribution < 1.29 is 4.65 Å². The van der Waals surface area contributed by atoms with E-state index < -0.39 is 0 Å². The maximum absolute atomic E-state index is 5.68. The molecular formula is C13H19BO. The van der Waals surface area contributed by atoms with Crippen LogP contribution in [-0.2, 0) is 17.7 Å². The van der Waals surface area contributed by atoms with E-state index in [1.54, 1.807) is 0 Å². The first-order chi connectivity index (χ1) is 6.97. The fraction of sp³-hybridized carbons (Fsp3) is 0.538. The summed E-state index contributed by atoms with van der Waals surface area (Å²) in [6, 6.07) is 6.58. The second-order valence-corrected chi connectivity index (χ2v) is 5.68. The van der Waals surface area contributed by atoms with Gasteiger partial charge in [0, 0.05) is 0 Å². The summed E-state index contributed by atoms with van der Waals surface area (Å²) < 4.78 is 5.68. The van der Waals surface area contributed by atoms with Crippen molar-refractivity contribution in [3.05, 3.63) is 29.3 Å². The van der Waals surface area contributed by atoms with Gasteiger partial charge in [-0.15, -0.1) is 0 Å². The molecule has 0 saturated carbocycles. The summed E-state index contributed by atoms with van der Waals surface area (Å²) in [5.74, 6) is 0. The summed E-state index contributed by atoms with van der Waals surface area (Å²) in [5, 5.41) is 0. The van der Waals surface area contributed by atoms with Gasteiger partial charge in [0.2, 0.25) is 0 Å². The van der Waals surface area contributed by atoms with Crippen LogP contribution in [0, 0.1) is 5.41 Å². The Labute approximate surface area is 93.0 Å². The zero-order chi connectivity index (χ0) is 11.1. The maximum Gasteiger partial charge on any atom is 0.324 e. The van der Waals surface area contributed by atoms with Crippen molar-refractivity contribution in [2.45, 2.75) is 40.6 Å². The summed E-state index contributed by atoms with van der Waals surface area (Å²) in [7, 11) is 0. The minimum absolute atomic E-state index is 0.276. The van der Waals surface area contributed by atoms with Crippen LogP contribution in [0.4, 0.5) is 0 Å². The number of hydrogen-bond acceptors (Lipinski definition) is 1. The highest BCUT2D eigenvalue weighted by Crippen LogP contribution is 2.22. The first-order valence-corrected chi connectivity index (χ1v) is 5.70. The van der Waals surface area contributed by atoms with E-state index in [-0.39, 0.29) is 6.92 Å². The molecule has 0 radical (unpaired) electrons. The van der Waals surface area contributed by atoms with Gasteiger partial charge >= 0.3 is 6.92 Å². The summed E-state index contributed by atoms with van der Waals surface area (Å²) in [6.07, 6.45) is 1.13. The van der Waals surface area contributed by atoms with Crippen LogP contribution in [-0.4, -0.2) is 6.92 Å². The minimum atomic E-state index is 0.276. The van der Waals surface area contributed by atoms with Gasteiger partial charge in [-0.05, 0) is 22.9 Å². The fourth-order valence-electron chi connectivity index (χ4n) is 2.34. The second-order valence-electron chi connectivity index (χ2n) is 5.68. The second kappa shape index (κ2) is 3.68. The normalized spacial score (nSPS) is 15.6. The topological polar surface area (TPSA) is 9.23 Å². The smallest absolute Gasteiger partial charge is 0.324 e. The molecule has 1 aromatic carbocycles. The molecule has 0 N–H and O–H groups in total. The van der Waals surface area contributed by atoms with Crippen LogP contribution in [0.5, 0.6) is 0 Å². The van der Waals surface area contributed by atoms with Gasteiger partial charge in [-0.25, -0.2) is 0 Å². The summed E-state index contributed by atoms with van der Waals surface area (Å²) in [4.78, 5) is 0. The van der Waals surface area contributed by atoms with Crippen LogP contribution >= 0.6 is 0 Å². The molecule has 1 nitrogen and oxygen atoms in total. The summed E-state index contributed by atoms with van der Waals surface area (Å²) >= 11 is 0. The fourth-order valence-corrected chi connectivity index (χ4v) is 2.34. The molecule has 0 bridgehead atoms. The lowest BCUT2D eigenvalue weighted by atomic mass is 9.61. The van der Waals surface area contributed by atoms with Crippen LogP contribution in [0.15, 0.2) is 18.2 Å². The third-order valence-corrected chi connectivity index (χ3v) is 2.90. The summed E-state index contributed by atoms with van der Waals surface area (Å²) in [5.41, 5.74) is 4.62. The maximum atomic E-state index is 5.68. The number of rotatable bonds is 1. The highest BCUT2D eigenvalue weighted by atomic mass is 16.4. The van der Waals surface area contributed by atoms with Crippen LogP contribution < -0.4 is 5.46 Å². The molecule has 15 heavy (non-hydrogen) atoms. The van der Waals surface area contributed by atoms with Crippen molar-refractivity contribution in [2.24, 2.45) is 5.41 Å². The predicted molar refractivity (Wildman–Crippen MR) is 65.6 cm³/mol. The quantitative estimate of drug-likeness (QED) is 0.636. The molecule has 0 saturated heterocycles. The number of benzene rings is 1. The molecule has 0 aromatic heterocycles. The highest BCUT2D eigenvalue weighted by molar-refractivity contribution is 6.68. The molecule has 1 aliphatic rings. The van der Waals surface area contributed by atoms with E-state index in [9.17, 15) is 0 Å². The Morgan fingerprint density at radius 1 is 1.33 bits per heavy atom. The lowest BCUT2D eigenvalue weighted by Gasteiger charge is -2.20. The molecule has 0 amide bonds. The van der Waals surface area contributed by atoms with Crippen molar-refractivity contribution in [3.63, 3.8) is 0 Å². The van der Waals surface area contributed by atoms with Gasteiger partial charge in [0.1, 0.15) is 0 Å². The van der Waals surface area contributed by atoms with Gasteiger partial charge in [0.15, 0.2) is 0 Å². The zero-order valence-electron chi connectivity index (χ0n) is 10.1. The molecule has 1 aromatic rings. The molecule has 1 aliphatic heterocycles.